The molecule has 27 heavy (non-hydrogen) atoms. The highest BCUT2D eigenvalue weighted by molar-refractivity contribution is 6.30. The van der Waals surface area contributed by atoms with E-state index in [9.17, 15) is 5.11 Å². The summed E-state index contributed by atoms with van der Waals surface area (Å²) in [6, 6.07) is 15.2. The predicted molar refractivity (Wildman–Crippen MR) is 111 cm³/mol. The Labute approximate surface area is 171 Å². The van der Waals surface area contributed by atoms with Gasteiger partial charge in [0.25, 0.3) is 0 Å². The normalized spacial score (nSPS) is 17.4. The fourth-order valence-electron chi connectivity index (χ4n) is 3.25. The zero-order valence-electron chi connectivity index (χ0n) is 15.5. The summed E-state index contributed by atoms with van der Waals surface area (Å²) in [5, 5.41) is 11.8. The van der Waals surface area contributed by atoms with Gasteiger partial charge in [0.1, 0.15) is 6.10 Å². The lowest BCUT2D eigenvalue weighted by molar-refractivity contribution is -0.0134. The summed E-state index contributed by atoms with van der Waals surface area (Å²) in [4.78, 5) is 4.59. The van der Waals surface area contributed by atoms with Gasteiger partial charge in [0.15, 0.2) is 0 Å². The first-order valence-corrected chi connectivity index (χ1v) is 9.98. The van der Waals surface area contributed by atoms with Crippen molar-refractivity contribution in [3.63, 3.8) is 0 Å². The van der Waals surface area contributed by atoms with Gasteiger partial charge in [0.05, 0.1) is 12.7 Å². The molecule has 1 N–H and O–H groups in total. The standard InChI is InChI=1S/C21H26Cl2N2O2/c1-24-10-12-25(13-11-24)14-20(26)15-27-21(16-2-6-18(22)7-3-16)17-4-8-19(23)9-5-17/h2-9,20-21,26H,10-15H2,1H3/t20-/m0/s1. The summed E-state index contributed by atoms with van der Waals surface area (Å²) in [6.45, 7) is 4.91. The van der Waals surface area contributed by atoms with E-state index in [1.165, 1.54) is 0 Å². The molecule has 2 aromatic rings. The van der Waals surface area contributed by atoms with Gasteiger partial charge in [0, 0.05) is 42.8 Å². The van der Waals surface area contributed by atoms with Crippen LogP contribution in [-0.4, -0.2) is 67.4 Å². The van der Waals surface area contributed by atoms with Crippen molar-refractivity contribution in [1.82, 2.24) is 9.80 Å². The Hall–Kier alpha value is -1.14. The van der Waals surface area contributed by atoms with Crippen molar-refractivity contribution in [2.75, 3.05) is 46.4 Å². The maximum absolute atomic E-state index is 10.5. The molecule has 1 saturated heterocycles. The van der Waals surface area contributed by atoms with Gasteiger partial charge in [-0.15, -0.1) is 0 Å². The largest absolute Gasteiger partial charge is 0.389 e. The first kappa shape index (κ1) is 20.6. The summed E-state index contributed by atoms with van der Waals surface area (Å²) in [5.41, 5.74) is 1.99. The van der Waals surface area contributed by atoms with Gasteiger partial charge < -0.3 is 14.7 Å². The van der Waals surface area contributed by atoms with Gasteiger partial charge >= 0.3 is 0 Å². The summed E-state index contributed by atoms with van der Waals surface area (Å²) < 4.78 is 6.15. The zero-order valence-corrected chi connectivity index (χ0v) is 17.0. The van der Waals surface area contributed by atoms with E-state index in [4.69, 9.17) is 27.9 Å². The molecular weight excluding hydrogens is 383 g/mol. The van der Waals surface area contributed by atoms with Crippen molar-refractivity contribution in [2.45, 2.75) is 12.2 Å². The topological polar surface area (TPSA) is 35.9 Å². The molecule has 4 nitrogen and oxygen atoms in total. The Morgan fingerprint density at radius 3 is 1.85 bits per heavy atom. The lowest BCUT2D eigenvalue weighted by Crippen LogP contribution is -2.47. The van der Waals surface area contributed by atoms with Gasteiger partial charge in [-0.05, 0) is 42.4 Å². The number of rotatable bonds is 7. The van der Waals surface area contributed by atoms with Gasteiger partial charge in [-0.3, -0.25) is 4.90 Å². The maximum atomic E-state index is 10.5. The van der Waals surface area contributed by atoms with Crippen molar-refractivity contribution in [2.24, 2.45) is 0 Å². The maximum Gasteiger partial charge on any atom is 0.108 e. The Morgan fingerprint density at radius 2 is 1.37 bits per heavy atom. The first-order valence-electron chi connectivity index (χ1n) is 9.23. The van der Waals surface area contributed by atoms with Crippen LogP contribution in [0.1, 0.15) is 17.2 Å². The summed E-state index contributed by atoms with van der Waals surface area (Å²) >= 11 is 12.0. The van der Waals surface area contributed by atoms with Gasteiger partial charge in [-0.1, -0.05) is 47.5 Å². The second kappa shape index (κ2) is 9.87. The molecule has 1 aliphatic rings. The predicted octanol–water partition coefficient (Wildman–Crippen LogP) is 3.71. The molecule has 1 heterocycles. The second-order valence-corrected chi connectivity index (χ2v) is 7.95. The summed E-state index contributed by atoms with van der Waals surface area (Å²) in [6.07, 6.45) is -0.808. The molecule has 1 aliphatic heterocycles. The average molecular weight is 409 g/mol. The van der Waals surface area contributed by atoms with Crippen LogP contribution < -0.4 is 0 Å². The quantitative estimate of drug-likeness (QED) is 0.757. The number of nitrogens with zero attached hydrogens (tertiary/aromatic N) is 2. The molecule has 0 saturated carbocycles. The van der Waals surface area contributed by atoms with Crippen LogP contribution in [0.3, 0.4) is 0 Å². The zero-order chi connectivity index (χ0) is 19.2. The Bertz CT molecular complexity index is 656. The average Bonchev–Trinajstić information content (AvgIpc) is 2.66. The SMILES string of the molecule is CN1CCN(C[C@H](O)COC(c2ccc(Cl)cc2)c2ccc(Cl)cc2)CC1. The molecule has 3 rings (SSSR count). The Morgan fingerprint density at radius 1 is 0.889 bits per heavy atom. The van der Waals surface area contributed by atoms with Crippen molar-refractivity contribution in [1.29, 1.82) is 0 Å². The molecule has 0 aromatic heterocycles. The molecule has 1 fully saturated rings. The van der Waals surface area contributed by atoms with E-state index in [-0.39, 0.29) is 12.7 Å². The lowest BCUT2D eigenvalue weighted by Gasteiger charge is -2.33. The van der Waals surface area contributed by atoms with Gasteiger partial charge in [0.2, 0.25) is 0 Å². The van der Waals surface area contributed by atoms with E-state index in [0.717, 1.165) is 37.3 Å². The minimum atomic E-state index is -0.532. The molecule has 0 radical (unpaired) electrons. The van der Waals surface area contributed by atoms with Crippen LogP contribution in [0.5, 0.6) is 0 Å². The van der Waals surface area contributed by atoms with Crippen LogP contribution in [-0.2, 0) is 4.74 Å². The Kier molecular flexibility index (Phi) is 7.53. The highest BCUT2D eigenvalue weighted by Gasteiger charge is 2.20. The van der Waals surface area contributed by atoms with Crippen LogP contribution in [0.15, 0.2) is 48.5 Å². The van der Waals surface area contributed by atoms with E-state index in [1.807, 2.05) is 48.5 Å². The van der Waals surface area contributed by atoms with Crippen molar-refractivity contribution < 1.29 is 9.84 Å². The van der Waals surface area contributed by atoms with Crippen molar-refractivity contribution >= 4 is 23.2 Å². The lowest BCUT2D eigenvalue weighted by atomic mass is 10.0. The number of halogens is 2. The number of hydrogen-bond donors (Lipinski definition) is 1. The number of ether oxygens (including phenoxy) is 1. The highest BCUT2D eigenvalue weighted by atomic mass is 35.5. The number of β-amino-alcohol motifs (C(OH)–C–C–N with tert-alkyl or cyclic N) is 1. The third-order valence-corrected chi connectivity index (χ3v) is 5.37. The molecular formula is C21H26Cl2N2O2. The van der Waals surface area contributed by atoms with Gasteiger partial charge in [-0.25, -0.2) is 0 Å². The minimum absolute atomic E-state index is 0.266. The monoisotopic (exact) mass is 408 g/mol. The van der Waals surface area contributed by atoms with Crippen LogP contribution in [0.4, 0.5) is 0 Å². The van der Waals surface area contributed by atoms with E-state index in [1.54, 1.807) is 0 Å². The number of piperazine rings is 1. The first-order chi connectivity index (χ1) is 13.0. The molecule has 0 aliphatic carbocycles. The second-order valence-electron chi connectivity index (χ2n) is 7.07. The van der Waals surface area contributed by atoms with Crippen molar-refractivity contribution in [3.05, 3.63) is 69.7 Å². The molecule has 0 amide bonds. The van der Waals surface area contributed by atoms with Gasteiger partial charge in [-0.2, -0.15) is 0 Å². The van der Waals surface area contributed by atoms with E-state index < -0.39 is 6.10 Å². The molecule has 146 valence electrons. The molecule has 1 atom stereocenters. The van der Waals surface area contributed by atoms with Crippen molar-refractivity contribution in [3.8, 4) is 0 Å². The highest BCUT2D eigenvalue weighted by Crippen LogP contribution is 2.28. The van der Waals surface area contributed by atoms with Crippen LogP contribution in [0.25, 0.3) is 0 Å². The van der Waals surface area contributed by atoms with E-state index in [0.29, 0.717) is 16.6 Å². The fourth-order valence-corrected chi connectivity index (χ4v) is 3.50. The molecule has 0 bridgehead atoms. The Balaban J connectivity index is 1.64. The molecule has 2 aromatic carbocycles. The number of aliphatic hydroxyl groups excluding tert-OH is 1. The van der Waals surface area contributed by atoms with E-state index in [2.05, 4.69) is 16.8 Å². The number of aliphatic hydroxyl groups is 1. The minimum Gasteiger partial charge on any atom is -0.389 e. The number of benzene rings is 2. The smallest absolute Gasteiger partial charge is 0.108 e. The molecule has 0 unspecified atom stereocenters. The van der Waals surface area contributed by atoms with Crippen LogP contribution in [0, 0.1) is 0 Å². The third-order valence-electron chi connectivity index (χ3n) is 4.87. The molecule has 6 heteroatoms. The third kappa shape index (κ3) is 6.18. The van der Waals surface area contributed by atoms with Crippen LogP contribution >= 0.6 is 23.2 Å². The fraction of sp³-hybridized carbons (Fsp3) is 0.429. The van der Waals surface area contributed by atoms with Crippen LogP contribution in [0.2, 0.25) is 10.0 Å². The summed E-state index contributed by atoms with van der Waals surface area (Å²) in [5.74, 6) is 0. The number of hydrogen-bond acceptors (Lipinski definition) is 4. The molecule has 0 spiro atoms. The number of likely N-dealkylation sites (N-methyl/N-ethyl adjacent to an activating group) is 1. The summed E-state index contributed by atoms with van der Waals surface area (Å²) in [7, 11) is 2.12. The van der Waals surface area contributed by atoms with E-state index >= 15 is 0 Å².